The Morgan fingerprint density at radius 1 is 1.10 bits per heavy atom. The molecule has 31 heavy (non-hydrogen) atoms. The number of benzene rings is 1. The zero-order valence-electron chi connectivity index (χ0n) is 18.3. The number of ether oxygens (including phenoxy) is 1. The van der Waals surface area contributed by atoms with E-state index in [2.05, 4.69) is 46.8 Å². The highest BCUT2D eigenvalue weighted by Crippen LogP contribution is 2.33. The van der Waals surface area contributed by atoms with E-state index in [0.29, 0.717) is 13.2 Å². The molecule has 0 bridgehead atoms. The summed E-state index contributed by atoms with van der Waals surface area (Å²) in [5, 5.41) is 5.68. The lowest BCUT2D eigenvalue weighted by molar-refractivity contribution is 0.122. The summed E-state index contributed by atoms with van der Waals surface area (Å²) in [5.41, 5.74) is 5.17. The van der Waals surface area contributed by atoms with E-state index in [1.807, 2.05) is 17.1 Å². The lowest BCUT2D eigenvalue weighted by atomic mass is 10.0. The topological polar surface area (TPSA) is 71.7 Å². The Hall–Kier alpha value is -2.84. The van der Waals surface area contributed by atoms with Crippen LogP contribution in [0.1, 0.15) is 19.4 Å². The maximum atomic E-state index is 5.54. The standard InChI is InChI=1S/C23H29N7O/c1-3-28(4-2)9-10-30-22-19(16-25-30)21(18-6-5-17-7-8-24-20(17)15-18)26-23(27-22)29-11-13-31-14-12-29/h5-6,8,15-16H,3-4,7,9-14H2,1-2H3. The van der Waals surface area contributed by atoms with Gasteiger partial charge in [-0.1, -0.05) is 26.0 Å². The van der Waals surface area contributed by atoms with Crippen molar-refractivity contribution >= 4 is 28.9 Å². The van der Waals surface area contributed by atoms with Crippen LogP contribution in [0.2, 0.25) is 0 Å². The first-order valence-electron chi connectivity index (χ1n) is 11.2. The molecular weight excluding hydrogens is 390 g/mol. The summed E-state index contributed by atoms with van der Waals surface area (Å²) >= 11 is 0. The molecule has 3 aromatic rings. The van der Waals surface area contributed by atoms with Crippen LogP contribution in [0.25, 0.3) is 22.3 Å². The Bertz CT molecular complexity index is 1100. The summed E-state index contributed by atoms with van der Waals surface area (Å²) in [7, 11) is 0. The predicted octanol–water partition coefficient (Wildman–Crippen LogP) is 2.93. The van der Waals surface area contributed by atoms with E-state index in [0.717, 1.165) is 79.6 Å². The van der Waals surface area contributed by atoms with E-state index in [4.69, 9.17) is 19.8 Å². The molecule has 0 atom stereocenters. The summed E-state index contributed by atoms with van der Waals surface area (Å²) < 4.78 is 7.56. The fourth-order valence-electron chi connectivity index (χ4n) is 4.25. The van der Waals surface area contributed by atoms with Gasteiger partial charge < -0.3 is 14.5 Å². The van der Waals surface area contributed by atoms with Gasteiger partial charge in [0.2, 0.25) is 5.95 Å². The van der Waals surface area contributed by atoms with E-state index in [-0.39, 0.29) is 0 Å². The number of hydrogen-bond donors (Lipinski definition) is 0. The van der Waals surface area contributed by atoms with Crippen LogP contribution in [0.15, 0.2) is 29.4 Å². The summed E-state index contributed by atoms with van der Waals surface area (Å²) in [5.74, 6) is 0.749. The first-order chi connectivity index (χ1) is 15.3. The molecule has 5 rings (SSSR count). The van der Waals surface area contributed by atoms with Crippen LogP contribution >= 0.6 is 0 Å². The van der Waals surface area contributed by atoms with Crippen LogP contribution in [0.4, 0.5) is 11.6 Å². The fourth-order valence-corrected chi connectivity index (χ4v) is 4.25. The Morgan fingerprint density at radius 2 is 1.94 bits per heavy atom. The number of nitrogens with zero attached hydrogens (tertiary/aromatic N) is 7. The predicted molar refractivity (Wildman–Crippen MR) is 123 cm³/mol. The van der Waals surface area contributed by atoms with Crippen molar-refractivity contribution in [2.24, 2.45) is 4.99 Å². The maximum Gasteiger partial charge on any atom is 0.228 e. The summed E-state index contributed by atoms with van der Waals surface area (Å²) in [6, 6.07) is 6.44. The van der Waals surface area contributed by atoms with E-state index in [9.17, 15) is 0 Å². The van der Waals surface area contributed by atoms with Crippen molar-refractivity contribution in [3.63, 3.8) is 0 Å². The molecular formula is C23H29N7O. The Kier molecular flexibility index (Phi) is 5.65. The number of aromatic nitrogens is 4. The molecule has 0 amide bonds. The highest BCUT2D eigenvalue weighted by molar-refractivity contribution is 5.92. The third-order valence-corrected chi connectivity index (χ3v) is 6.20. The van der Waals surface area contributed by atoms with Crippen molar-refractivity contribution in [2.45, 2.75) is 26.8 Å². The molecule has 1 saturated heterocycles. The number of aliphatic imine (C=N–C) groups is 1. The van der Waals surface area contributed by atoms with Gasteiger partial charge in [0.1, 0.15) is 0 Å². The Morgan fingerprint density at radius 3 is 2.74 bits per heavy atom. The fraction of sp³-hybridized carbons (Fsp3) is 0.478. The molecule has 0 unspecified atom stereocenters. The molecule has 0 spiro atoms. The molecule has 8 heteroatoms. The average Bonchev–Trinajstić information content (AvgIpc) is 3.46. The molecule has 0 aliphatic carbocycles. The first-order valence-corrected chi connectivity index (χ1v) is 11.2. The minimum atomic E-state index is 0.700. The number of fused-ring (bicyclic) bond motifs is 2. The van der Waals surface area contributed by atoms with Crippen LogP contribution in [0, 0.1) is 0 Å². The van der Waals surface area contributed by atoms with Crippen molar-refractivity contribution in [2.75, 3.05) is 50.8 Å². The van der Waals surface area contributed by atoms with Gasteiger partial charge in [0.15, 0.2) is 5.65 Å². The van der Waals surface area contributed by atoms with Gasteiger partial charge in [-0.25, -0.2) is 9.67 Å². The molecule has 0 radical (unpaired) electrons. The van der Waals surface area contributed by atoms with Crippen LogP contribution in [-0.2, 0) is 17.7 Å². The molecule has 2 aromatic heterocycles. The molecule has 0 N–H and O–H groups in total. The highest BCUT2D eigenvalue weighted by atomic mass is 16.5. The number of morpholine rings is 1. The van der Waals surface area contributed by atoms with Gasteiger partial charge in [-0.3, -0.25) is 4.99 Å². The average molecular weight is 420 g/mol. The summed E-state index contributed by atoms with van der Waals surface area (Å²) in [6.07, 6.45) is 4.78. The molecule has 8 nitrogen and oxygen atoms in total. The summed E-state index contributed by atoms with van der Waals surface area (Å²) in [6.45, 7) is 11.2. The highest BCUT2D eigenvalue weighted by Gasteiger charge is 2.21. The van der Waals surface area contributed by atoms with Crippen LogP contribution in [0.3, 0.4) is 0 Å². The van der Waals surface area contributed by atoms with Gasteiger partial charge >= 0.3 is 0 Å². The monoisotopic (exact) mass is 419 g/mol. The first kappa shape index (κ1) is 20.1. The second-order valence-electron chi connectivity index (χ2n) is 7.96. The second-order valence-corrected chi connectivity index (χ2v) is 7.96. The zero-order chi connectivity index (χ0) is 21.2. The number of hydrogen-bond acceptors (Lipinski definition) is 7. The molecule has 4 heterocycles. The van der Waals surface area contributed by atoms with E-state index in [1.165, 1.54) is 5.56 Å². The van der Waals surface area contributed by atoms with Crippen molar-refractivity contribution in [1.82, 2.24) is 24.6 Å². The van der Waals surface area contributed by atoms with Gasteiger partial charge in [0.05, 0.1) is 42.7 Å². The van der Waals surface area contributed by atoms with Crippen LogP contribution in [0.5, 0.6) is 0 Å². The lowest BCUT2D eigenvalue weighted by Gasteiger charge is -2.27. The van der Waals surface area contributed by atoms with Crippen molar-refractivity contribution in [3.8, 4) is 11.3 Å². The zero-order valence-corrected chi connectivity index (χ0v) is 18.3. The Balaban J connectivity index is 1.58. The van der Waals surface area contributed by atoms with E-state index >= 15 is 0 Å². The molecule has 1 aromatic carbocycles. The van der Waals surface area contributed by atoms with Crippen molar-refractivity contribution < 1.29 is 4.74 Å². The second kappa shape index (κ2) is 8.72. The molecule has 2 aliphatic heterocycles. The maximum absolute atomic E-state index is 5.54. The molecule has 2 aliphatic rings. The van der Waals surface area contributed by atoms with Gasteiger partial charge in [-0.15, -0.1) is 0 Å². The van der Waals surface area contributed by atoms with Gasteiger partial charge in [-0.2, -0.15) is 10.1 Å². The van der Waals surface area contributed by atoms with Crippen molar-refractivity contribution in [3.05, 3.63) is 30.0 Å². The third kappa shape index (κ3) is 3.93. The number of likely N-dealkylation sites (N-methyl/N-ethyl adjacent to an activating group) is 1. The van der Waals surface area contributed by atoms with Gasteiger partial charge in [-0.05, 0) is 24.7 Å². The Labute approximate surface area is 182 Å². The van der Waals surface area contributed by atoms with Gasteiger partial charge in [0, 0.05) is 37.8 Å². The smallest absolute Gasteiger partial charge is 0.228 e. The minimum Gasteiger partial charge on any atom is -0.378 e. The number of anilines is 1. The van der Waals surface area contributed by atoms with E-state index in [1.54, 1.807) is 0 Å². The lowest BCUT2D eigenvalue weighted by Crippen LogP contribution is -2.37. The normalized spacial score (nSPS) is 15.9. The van der Waals surface area contributed by atoms with Crippen LogP contribution in [-0.4, -0.2) is 76.8 Å². The summed E-state index contributed by atoms with van der Waals surface area (Å²) in [4.78, 5) is 19.1. The van der Waals surface area contributed by atoms with Crippen LogP contribution < -0.4 is 4.90 Å². The molecule has 162 valence electrons. The van der Waals surface area contributed by atoms with Gasteiger partial charge in [0.25, 0.3) is 0 Å². The minimum absolute atomic E-state index is 0.700. The van der Waals surface area contributed by atoms with E-state index < -0.39 is 0 Å². The number of rotatable bonds is 7. The third-order valence-electron chi connectivity index (χ3n) is 6.20. The SMILES string of the molecule is CCN(CC)CCn1ncc2c(-c3ccc4c(c3)N=CC4)nc(N3CCOCC3)nc21. The molecule has 1 fully saturated rings. The van der Waals surface area contributed by atoms with Crippen molar-refractivity contribution in [1.29, 1.82) is 0 Å². The largest absolute Gasteiger partial charge is 0.378 e. The quantitative estimate of drug-likeness (QED) is 0.586. The molecule has 0 saturated carbocycles.